The van der Waals surface area contributed by atoms with Crippen molar-refractivity contribution >= 4 is 11.9 Å². The summed E-state index contributed by atoms with van der Waals surface area (Å²) in [4.78, 5) is 17.0. The summed E-state index contributed by atoms with van der Waals surface area (Å²) in [6, 6.07) is 8.22. The molecule has 1 aliphatic rings. The molecule has 0 aromatic heterocycles. The molecule has 0 aliphatic heterocycles. The van der Waals surface area contributed by atoms with Crippen molar-refractivity contribution in [3.63, 3.8) is 0 Å². The van der Waals surface area contributed by atoms with Crippen molar-refractivity contribution in [3.8, 4) is 0 Å². The minimum Gasteiger partial charge on any atom is -0.392 e. The van der Waals surface area contributed by atoms with Crippen LogP contribution in [0.5, 0.6) is 0 Å². The lowest BCUT2D eigenvalue weighted by Crippen LogP contribution is -2.47. The van der Waals surface area contributed by atoms with Gasteiger partial charge in [0, 0.05) is 24.5 Å². The van der Waals surface area contributed by atoms with Gasteiger partial charge in [-0.05, 0) is 51.2 Å². The van der Waals surface area contributed by atoms with E-state index in [1.54, 1.807) is 0 Å². The average molecular weight is 375 g/mol. The molecule has 1 aromatic carbocycles. The zero-order valence-electron chi connectivity index (χ0n) is 16.8. The Labute approximate surface area is 162 Å². The fourth-order valence-electron chi connectivity index (χ4n) is 3.50. The van der Waals surface area contributed by atoms with E-state index in [9.17, 15) is 9.90 Å². The monoisotopic (exact) mass is 374 g/mol. The molecule has 0 heterocycles. The third-order valence-electron chi connectivity index (χ3n) is 4.86. The second kappa shape index (κ2) is 10.9. The SMILES string of the molecule is CCNC(=NCc1ccccc1CO)NC1CCCC(C(=O)NC(C)C)C1. The Morgan fingerprint density at radius 2 is 2.00 bits per heavy atom. The van der Waals surface area contributed by atoms with Crippen molar-refractivity contribution in [1.29, 1.82) is 0 Å². The molecule has 6 heteroatoms. The summed E-state index contributed by atoms with van der Waals surface area (Å²) in [6.45, 7) is 7.34. The first kappa shape index (κ1) is 21.2. The van der Waals surface area contributed by atoms with Crippen LogP contribution >= 0.6 is 0 Å². The Bertz CT molecular complexity index is 630. The molecule has 0 spiro atoms. The van der Waals surface area contributed by atoms with Crippen LogP contribution in [-0.2, 0) is 17.9 Å². The van der Waals surface area contributed by atoms with E-state index in [0.29, 0.717) is 6.54 Å². The van der Waals surface area contributed by atoms with E-state index in [-0.39, 0.29) is 30.5 Å². The first-order valence-corrected chi connectivity index (χ1v) is 10.1. The number of carbonyl (C=O) groups excluding carboxylic acids is 1. The molecule has 1 aromatic rings. The van der Waals surface area contributed by atoms with E-state index in [0.717, 1.165) is 49.3 Å². The first-order chi connectivity index (χ1) is 13.0. The maximum absolute atomic E-state index is 12.3. The topological polar surface area (TPSA) is 85.8 Å². The predicted octanol–water partition coefficient (Wildman–Crippen LogP) is 2.32. The van der Waals surface area contributed by atoms with E-state index in [4.69, 9.17) is 0 Å². The maximum Gasteiger partial charge on any atom is 0.223 e. The van der Waals surface area contributed by atoms with Gasteiger partial charge >= 0.3 is 0 Å². The van der Waals surface area contributed by atoms with E-state index in [2.05, 4.69) is 20.9 Å². The second-order valence-electron chi connectivity index (χ2n) is 7.49. The van der Waals surface area contributed by atoms with Crippen LogP contribution in [0.1, 0.15) is 57.6 Å². The Hall–Kier alpha value is -2.08. The normalized spacial score (nSPS) is 20.4. The van der Waals surface area contributed by atoms with Crippen LogP contribution in [-0.4, -0.2) is 35.6 Å². The standard InChI is InChI=1S/C21H34N4O2/c1-4-22-21(23-13-17-8-5-6-9-18(17)14-26)25-19-11-7-10-16(12-19)20(27)24-15(2)3/h5-6,8-9,15-16,19,26H,4,7,10-14H2,1-3H3,(H,24,27)(H2,22,23,25). The van der Waals surface area contributed by atoms with Crippen LogP contribution in [0.2, 0.25) is 0 Å². The van der Waals surface area contributed by atoms with Gasteiger partial charge < -0.3 is 21.1 Å². The molecular weight excluding hydrogens is 340 g/mol. The van der Waals surface area contributed by atoms with Crippen molar-refractivity contribution in [2.24, 2.45) is 10.9 Å². The second-order valence-corrected chi connectivity index (χ2v) is 7.49. The van der Waals surface area contributed by atoms with Crippen LogP contribution in [0, 0.1) is 5.92 Å². The molecule has 1 aliphatic carbocycles. The number of aliphatic hydroxyl groups excluding tert-OH is 1. The number of hydrogen-bond acceptors (Lipinski definition) is 3. The summed E-state index contributed by atoms with van der Waals surface area (Å²) in [5.74, 6) is 0.993. The third-order valence-corrected chi connectivity index (χ3v) is 4.86. The highest BCUT2D eigenvalue weighted by atomic mass is 16.3. The van der Waals surface area contributed by atoms with Crippen molar-refractivity contribution < 1.29 is 9.90 Å². The molecule has 2 atom stereocenters. The van der Waals surface area contributed by atoms with Crippen molar-refractivity contribution in [1.82, 2.24) is 16.0 Å². The van der Waals surface area contributed by atoms with E-state index >= 15 is 0 Å². The van der Waals surface area contributed by atoms with Gasteiger partial charge in [0.1, 0.15) is 0 Å². The van der Waals surface area contributed by atoms with Gasteiger partial charge in [-0.15, -0.1) is 0 Å². The van der Waals surface area contributed by atoms with Gasteiger partial charge in [-0.3, -0.25) is 4.79 Å². The Balaban J connectivity index is 1.99. The predicted molar refractivity (Wildman–Crippen MR) is 109 cm³/mol. The van der Waals surface area contributed by atoms with Gasteiger partial charge in [-0.2, -0.15) is 0 Å². The number of nitrogens with zero attached hydrogens (tertiary/aromatic N) is 1. The average Bonchev–Trinajstić information content (AvgIpc) is 2.66. The van der Waals surface area contributed by atoms with Crippen LogP contribution in [0.4, 0.5) is 0 Å². The molecule has 0 radical (unpaired) electrons. The van der Waals surface area contributed by atoms with E-state index in [1.165, 1.54) is 0 Å². The highest BCUT2D eigenvalue weighted by Crippen LogP contribution is 2.24. The number of rotatable bonds is 7. The number of aliphatic imine (C=N–C) groups is 1. The molecule has 6 nitrogen and oxygen atoms in total. The summed E-state index contributed by atoms with van der Waals surface area (Å²) in [7, 11) is 0. The fraction of sp³-hybridized carbons (Fsp3) is 0.619. The zero-order chi connectivity index (χ0) is 19.6. The van der Waals surface area contributed by atoms with Gasteiger partial charge in [-0.25, -0.2) is 4.99 Å². The smallest absolute Gasteiger partial charge is 0.223 e. The molecule has 1 saturated carbocycles. The number of aliphatic hydroxyl groups is 1. The van der Waals surface area contributed by atoms with E-state index in [1.807, 2.05) is 45.0 Å². The Kier molecular flexibility index (Phi) is 8.58. The molecule has 27 heavy (non-hydrogen) atoms. The molecule has 2 unspecified atom stereocenters. The Morgan fingerprint density at radius 3 is 2.67 bits per heavy atom. The number of benzene rings is 1. The van der Waals surface area contributed by atoms with Crippen LogP contribution in [0.3, 0.4) is 0 Å². The van der Waals surface area contributed by atoms with Crippen LogP contribution in [0.15, 0.2) is 29.3 Å². The molecule has 4 N–H and O–H groups in total. The summed E-state index contributed by atoms with van der Waals surface area (Å²) in [5, 5.41) is 19.3. The summed E-state index contributed by atoms with van der Waals surface area (Å²) in [5.41, 5.74) is 1.93. The molecule has 1 amide bonds. The van der Waals surface area contributed by atoms with Crippen LogP contribution < -0.4 is 16.0 Å². The maximum atomic E-state index is 12.3. The quantitative estimate of drug-likeness (QED) is 0.436. The van der Waals surface area contributed by atoms with Gasteiger partial charge in [0.05, 0.1) is 13.2 Å². The molecule has 150 valence electrons. The number of carbonyl (C=O) groups is 1. The molecule has 0 saturated heterocycles. The molecule has 2 rings (SSSR count). The molecule has 1 fully saturated rings. The zero-order valence-corrected chi connectivity index (χ0v) is 16.8. The minimum atomic E-state index is 0.0188. The van der Waals surface area contributed by atoms with Crippen molar-refractivity contribution in [2.75, 3.05) is 6.54 Å². The summed E-state index contributed by atoms with van der Waals surface area (Å²) in [6.07, 6.45) is 3.87. The highest BCUT2D eigenvalue weighted by Gasteiger charge is 2.28. The summed E-state index contributed by atoms with van der Waals surface area (Å²) >= 11 is 0. The Morgan fingerprint density at radius 1 is 1.26 bits per heavy atom. The van der Waals surface area contributed by atoms with Gasteiger partial charge in [-0.1, -0.05) is 30.7 Å². The number of guanidine groups is 1. The van der Waals surface area contributed by atoms with Gasteiger partial charge in [0.2, 0.25) is 5.91 Å². The third kappa shape index (κ3) is 6.86. The van der Waals surface area contributed by atoms with E-state index < -0.39 is 0 Å². The lowest BCUT2D eigenvalue weighted by molar-refractivity contribution is -0.126. The first-order valence-electron chi connectivity index (χ1n) is 10.1. The van der Waals surface area contributed by atoms with Gasteiger partial charge in [0.15, 0.2) is 5.96 Å². The lowest BCUT2D eigenvalue weighted by Gasteiger charge is -2.30. The number of amides is 1. The summed E-state index contributed by atoms with van der Waals surface area (Å²) < 4.78 is 0. The molecular formula is C21H34N4O2. The largest absolute Gasteiger partial charge is 0.392 e. The lowest BCUT2D eigenvalue weighted by atomic mass is 9.85. The number of hydrogen-bond donors (Lipinski definition) is 4. The molecule has 0 bridgehead atoms. The van der Waals surface area contributed by atoms with Crippen molar-refractivity contribution in [2.45, 2.75) is 71.7 Å². The minimum absolute atomic E-state index is 0.0188. The van der Waals surface area contributed by atoms with Gasteiger partial charge in [0.25, 0.3) is 0 Å². The number of nitrogens with one attached hydrogen (secondary N) is 3. The fourth-order valence-corrected chi connectivity index (χ4v) is 3.50. The van der Waals surface area contributed by atoms with Crippen LogP contribution in [0.25, 0.3) is 0 Å². The highest BCUT2D eigenvalue weighted by molar-refractivity contribution is 5.81. The van der Waals surface area contributed by atoms with Crippen molar-refractivity contribution in [3.05, 3.63) is 35.4 Å².